The zero-order chi connectivity index (χ0) is 20.9. The molecule has 8 heteroatoms. The quantitative estimate of drug-likeness (QED) is 0.536. The highest BCUT2D eigenvalue weighted by atomic mass is 16.5. The van der Waals surface area contributed by atoms with Crippen LogP contribution in [0.4, 0.5) is 5.82 Å². The van der Waals surface area contributed by atoms with Crippen LogP contribution in [0.5, 0.6) is 5.75 Å². The molecule has 0 fully saturated rings. The van der Waals surface area contributed by atoms with Crippen molar-refractivity contribution >= 4 is 11.7 Å². The Labute approximate surface area is 172 Å². The molecule has 8 nitrogen and oxygen atoms in total. The van der Waals surface area contributed by atoms with Gasteiger partial charge in [0.2, 0.25) is 0 Å². The van der Waals surface area contributed by atoms with Crippen LogP contribution in [0.1, 0.15) is 21.6 Å². The molecule has 4 rings (SSSR count). The number of carbonyl (C=O) groups is 1. The van der Waals surface area contributed by atoms with Crippen molar-refractivity contribution in [2.75, 3.05) is 5.32 Å². The van der Waals surface area contributed by atoms with E-state index in [2.05, 4.69) is 15.5 Å². The number of benzene rings is 2. The van der Waals surface area contributed by atoms with Gasteiger partial charge >= 0.3 is 0 Å². The summed E-state index contributed by atoms with van der Waals surface area (Å²) < 4.78 is 8.78. The normalized spacial score (nSPS) is 10.4. The minimum Gasteiger partial charge on any atom is -0.471 e. The molecule has 2 aromatic carbocycles. The summed E-state index contributed by atoms with van der Waals surface area (Å²) in [7, 11) is 0. The number of carbonyl (C=O) groups excluding carboxylic acids is 1. The van der Waals surface area contributed by atoms with Crippen LogP contribution >= 0.6 is 0 Å². The van der Waals surface area contributed by atoms with Gasteiger partial charge in [-0.05, 0) is 36.8 Å². The zero-order valence-corrected chi connectivity index (χ0v) is 16.2. The monoisotopic (exact) mass is 398 g/mol. The van der Waals surface area contributed by atoms with Crippen LogP contribution in [0.15, 0.2) is 73.1 Å². The first-order valence-corrected chi connectivity index (χ1v) is 9.22. The van der Waals surface area contributed by atoms with Gasteiger partial charge in [0.15, 0.2) is 18.2 Å². The van der Waals surface area contributed by atoms with Crippen molar-refractivity contribution in [2.45, 2.75) is 13.7 Å². The van der Waals surface area contributed by atoms with Gasteiger partial charge in [-0.1, -0.05) is 36.4 Å². The Morgan fingerprint density at radius 2 is 1.90 bits per heavy atom. The Hall–Kier alpha value is -4.38. The number of rotatable bonds is 6. The second-order valence-electron chi connectivity index (χ2n) is 6.50. The largest absolute Gasteiger partial charge is 0.471 e. The number of aryl methyl sites for hydroxylation is 1. The molecule has 0 atom stereocenters. The Morgan fingerprint density at radius 3 is 2.67 bits per heavy atom. The van der Waals surface area contributed by atoms with Crippen molar-refractivity contribution in [3.63, 3.8) is 0 Å². The van der Waals surface area contributed by atoms with E-state index in [-0.39, 0.29) is 18.0 Å². The summed E-state index contributed by atoms with van der Waals surface area (Å²) in [5.74, 6) is 0.600. The summed E-state index contributed by atoms with van der Waals surface area (Å²) in [6.07, 6.45) is 3.07. The van der Waals surface area contributed by atoms with Gasteiger partial charge < -0.3 is 10.1 Å². The number of hydrogen-bond acceptors (Lipinski definition) is 5. The highest BCUT2D eigenvalue weighted by Crippen LogP contribution is 2.20. The van der Waals surface area contributed by atoms with Gasteiger partial charge in [-0.2, -0.15) is 15.5 Å². The number of nitrogens with one attached hydrogen (secondary N) is 1. The van der Waals surface area contributed by atoms with Crippen LogP contribution in [-0.4, -0.2) is 25.5 Å². The van der Waals surface area contributed by atoms with Gasteiger partial charge in [-0.25, -0.2) is 9.36 Å². The summed E-state index contributed by atoms with van der Waals surface area (Å²) in [5.41, 5.74) is 2.20. The van der Waals surface area contributed by atoms with E-state index in [1.807, 2.05) is 67.6 Å². The Kier molecular flexibility index (Phi) is 5.26. The molecular weight excluding hydrogens is 380 g/mol. The number of nitriles is 1. The number of aromatic nitrogens is 4. The minimum absolute atomic E-state index is 0.170. The molecule has 0 spiro atoms. The van der Waals surface area contributed by atoms with Gasteiger partial charge in [0.25, 0.3) is 5.91 Å². The lowest BCUT2D eigenvalue weighted by Gasteiger charge is -2.09. The average molecular weight is 398 g/mol. The molecule has 0 saturated heterocycles. The molecule has 2 aromatic heterocycles. The summed E-state index contributed by atoms with van der Waals surface area (Å²) in [6.45, 7) is 2.13. The predicted octanol–water partition coefficient (Wildman–Crippen LogP) is 3.54. The molecule has 1 amide bonds. The maximum atomic E-state index is 12.7. The van der Waals surface area contributed by atoms with E-state index in [0.717, 1.165) is 17.0 Å². The first kappa shape index (κ1) is 19.0. The van der Waals surface area contributed by atoms with Crippen molar-refractivity contribution in [3.05, 3.63) is 89.9 Å². The van der Waals surface area contributed by atoms with Crippen molar-refractivity contribution in [1.29, 1.82) is 5.26 Å². The van der Waals surface area contributed by atoms with E-state index in [9.17, 15) is 10.1 Å². The maximum Gasteiger partial charge on any atom is 0.277 e. The summed E-state index contributed by atoms with van der Waals surface area (Å²) in [5, 5.41) is 20.6. The maximum absolute atomic E-state index is 12.7. The summed E-state index contributed by atoms with van der Waals surface area (Å²) in [6, 6.07) is 20.6. The molecule has 4 aromatic rings. The van der Waals surface area contributed by atoms with Gasteiger partial charge in [0.1, 0.15) is 17.4 Å². The number of para-hydroxylation sites is 2. The van der Waals surface area contributed by atoms with Crippen molar-refractivity contribution in [1.82, 2.24) is 19.6 Å². The fraction of sp³-hybridized carbons (Fsp3) is 0.0909. The first-order valence-electron chi connectivity index (χ1n) is 9.22. The third kappa shape index (κ3) is 3.91. The molecule has 30 heavy (non-hydrogen) atoms. The van der Waals surface area contributed by atoms with E-state index in [1.54, 1.807) is 12.3 Å². The third-order valence-corrected chi connectivity index (χ3v) is 4.44. The minimum atomic E-state index is -0.446. The van der Waals surface area contributed by atoms with Crippen LogP contribution in [0, 0.1) is 18.3 Å². The predicted molar refractivity (Wildman–Crippen MR) is 110 cm³/mol. The average Bonchev–Trinajstić information content (AvgIpc) is 3.41. The van der Waals surface area contributed by atoms with E-state index < -0.39 is 5.91 Å². The SMILES string of the molecule is Cc1ccccc1OCn1ccc(C(=O)Nc2c(C#N)cnn2-c2ccccc2)n1. The molecule has 0 aliphatic heterocycles. The highest BCUT2D eigenvalue weighted by Gasteiger charge is 2.17. The molecular formula is C22H18N6O2. The van der Waals surface area contributed by atoms with Gasteiger partial charge in [0, 0.05) is 6.20 Å². The van der Waals surface area contributed by atoms with Crippen molar-refractivity contribution in [2.24, 2.45) is 0 Å². The lowest BCUT2D eigenvalue weighted by molar-refractivity contribution is 0.101. The van der Waals surface area contributed by atoms with E-state index in [1.165, 1.54) is 15.6 Å². The number of nitrogens with zero attached hydrogens (tertiary/aromatic N) is 5. The second kappa shape index (κ2) is 8.32. The summed E-state index contributed by atoms with van der Waals surface area (Å²) in [4.78, 5) is 12.7. The lowest BCUT2D eigenvalue weighted by atomic mass is 10.2. The van der Waals surface area contributed by atoms with E-state index >= 15 is 0 Å². The highest BCUT2D eigenvalue weighted by molar-refractivity contribution is 6.03. The molecule has 0 aliphatic carbocycles. The fourth-order valence-corrected chi connectivity index (χ4v) is 2.90. The lowest BCUT2D eigenvalue weighted by Crippen LogP contribution is -2.17. The molecule has 0 saturated carbocycles. The van der Waals surface area contributed by atoms with E-state index in [0.29, 0.717) is 5.82 Å². The van der Waals surface area contributed by atoms with Gasteiger partial charge in [-0.15, -0.1) is 0 Å². The molecule has 2 heterocycles. The van der Waals surface area contributed by atoms with E-state index in [4.69, 9.17) is 4.74 Å². The molecule has 0 bridgehead atoms. The number of hydrogen-bond donors (Lipinski definition) is 1. The van der Waals surface area contributed by atoms with Gasteiger partial charge in [0.05, 0.1) is 11.9 Å². The molecule has 148 valence electrons. The standard InChI is InChI=1S/C22H18N6O2/c1-16-7-5-6-10-20(16)30-15-27-12-11-19(26-27)22(29)25-21-17(13-23)14-24-28(21)18-8-3-2-4-9-18/h2-12,14H,15H2,1H3,(H,25,29). The van der Waals surface area contributed by atoms with Crippen molar-refractivity contribution < 1.29 is 9.53 Å². The smallest absolute Gasteiger partial charge is 0.277 e. The molecule has 0 radical (unpaired) electrons. The fourth-order valence-electron chi connectivity index (χ4n) is 2.90. The Morgan fingerprint density at radius 1 is 1.13 bits per heavy atom. The molecule has 0 unspecified atom stereocenters. The third-order valence-electron chi connectivity index (χ3n) is 4.44. The Bertz CT molecular complexity index is 1220. The number of amides is 1. The molecule has 0 aliphatic rings. The molecule has 1 N–H and O–H groups in total. The van der Waals surface area contributed by atoms with Crippen molar-refractivity contribution in [3.8, 4) is 17.5 Å². The van der Waals surface area contributed by atoms with Crippen LogP contribution < -0.4 is 10.1 Å². The second-order valence-corrected chi connectivity index (χ2v) is 6.50. The number of anilines is 1. The first-order chi connectivity index (χ1) is 14.7. The topological polar surface area (TPSA) is 97.8 Å². The number of ether oxygens (including phenoxy) is 1. The zero-order valence-electron chi connectivity index (χ0n) is 16.2. The van der Waals surface area contributed by atoms with Crippen LogP contribution in [-0.2, 0) is 6.73 Å². The van der Waals surface area contributed by atoms with Crippen LogP contribution in [0.3, 0.4) is 0 Å². The van der Waals surface area contributed by atoms with Gasteiger partial charge in [-0.3, -0.25) is 4.79 Å². The van der Waals surface area contributed by atoms with Crippen LogP contribution in [0.2, 0.25) is 0 Å². The summed E-state index contributed by atoms with van der Waals surface area (Å²) >= 11 is 0. The van der Waals surface area contributed by atoms with Crippen LogP contribution in [0.25, 0.3) is 5.69 Å². The Balaban J connectivity index is 1.50.